The lowest BCUT2D eigenvalue weighted by Gasteiger charge is -2.15. The van der Waals surface area contributed by atoms with Crippen LogP contribution in [-0.2, 0) is 10.0 Å². The van der Waals surface area contributed by atoms with Gasteiger partial charge in [-0.05, 0) is 30.2 Å². The van der Waals surface area contributed by atoms with Crippen LogP contribution in [0.4, 0.5) is 4.39 Å². The van der Waals surface area contributed by atoms with Crippen LogP contribution >= 0.6 is 0 Å². The number of sulfonamides is 1. The van der Waals surface area contributed by atoms with Crippen LogP contribution in [0.2, 0.25) is 0 Å². The molecule has 0 aliphatic rings. The summed E-state index contributed by atoms with van der Waals surface area (Å²) in [4.78, 5) is 7.35. The van der Waals surface area contributed by atoms with E-state index in [2.05, 4.69) is 14.7 Å². The van der Waals surface area contributed by atoms with E-state index in [4.69, 9.17) is 0 Å². The number of aromatic nitrogens is 2. The molecule has 0 aliphatic carbocycles. The predicted octanol–water partition coefficient (Wildman–Crippen LogP) is 3.65. The van der Waals surface area contributed by atoms with E-state index in [0.717, 1.165) is 17.3 Å². The summed E-state index contributed by atoms with van der Waals surface area (Å²) in [5.41, 5.74) is 1.77. The molecule has 0 saturated carbocycles. The Balaban J connectivity index is 1.85. The van der Waals surface area contributed by atoms with Crippen LogP contribution in [0.1, 0.15) is 25.2 Å². The van der Waals surface area contributed by atoms with Crippen LogP contribution in [0.5, 0.6) is 0 Å². The SMILES string of the molecule is CCC(NS(=O)(=O)c1cccc(F)c1)c1ncc(-c2ccccc2)[nH]1. The first-order valence-electron chi connectivity index (χ1n) is 7.88. The van der Waals surface area contributed by atoms with Crippen molar-refractivity contribution in [3.05, 3.63) is 72.4 Å². The smallest absolute Gasteiger partial charge is 0.241 e. The molecule has 3 rings (SSSR count). The largest absolute Gasteiger partial charge is 0.341 e. The van der Waals surface area contributed by atoms with Gasteiger partial charge >= 0.3 is 0 Å². The highest BCUT2D eigenvalue weighted by atomic mass is 32.2. The maximum atomic E-state index is 13.3. The molecule has 1 heterocycles. The van der Waals surface area contributed by atoms with Crippen molar-refractivity contribution in [1.29, 1.82) is 0 Å². The van der Waals surface area contributed by atoms with Gasteiger partial charge in [0.25, 0.3) is 0 Å². The minimum absolute atomic E-state index is 0.110. The highest BCUT2D eigenvalue weighted by Crippen LogP contribution is 2.22. The third kappa shape index (κ3) is 3.94. The lowest BCUT2D eigenvalue weighted by Crippen LogP contribution is -2.29. The van der Waals surface area contributed by atoms with Gasteiger partial charge in [-0.2, -0.15) is 0 Å². The van der Waals surface area contributed by atoms with E-state index >= 15 is 0 Å². The van der Waals surface area contributed by atoms with Crippen molar-refractivity contribution in [2.45, 2.75) is 24.3 Å². The van der Waals surface area contributed by atoms with Crippen LogP contribution in [0.3, 0.4) is 0 Å². The Bertz CT molecular complexity index is 955. The first kappa shape index (κ1) is 17.3. The molecule has 0 saturated heterocycles. The monoisotopic (exact) mass is 359 g/mol. The zero-order chi connectivity index (χ0) is 17.9. The van der Waals surface area contributed by atoms with Crippen LogP contribution in [-0.4, -0.2) is 18.4 Å². The molecule has 1 aromatic heterocycles. The van der Waals surface area contributed by atoms with Crippen molar-refractivity contribution in [3.8, 4) is 11.3 Å². The first-order chi connectivity index (χ1) is 12.0. The maximum Gasteiger partial charge on any atom is 0.241 e. The summed E-state index contributed by atoms with van der Waals surface area (Å²) < 4.78 is 40.9. The lowest BCUT2D eigenvalue weighted by atomic mass is 10.2. The van der Waals surface area contributed by atoms with E-state index in [-0.39, 0.29) is 4.90 Å². The molecule has 25 heavy (non-hydrogen) atoms. The molecule has 0 spiro atoms. The highest BCUT2D eigenvalue weighted by Gasteiger charge is 2.22. The molecule has 0 aliphatic heterocycles. The van der Waals surface area contributed by atoms with Crippen LogP contribution in [0, 0.1) is 5.82 Å². The third-order valence-corrected chi connectivity index (χ3v) is 5.29. The Kier molecular flexibility index (Phi) is 4.96. The number of nitrogens with one attached hydrogen (secondary N) is 2. The van der Waals surface area contributed by atoms with E-state index < -0.39 is 21.9 Å². The fourth-order valence-corrected chi connectivity index (χ4v) is 3.81. The fraction of sp³-hybridized carbons (Fsp3) is 0.167. The topological polar surface area (TPSA) is 74.8 Å². The number of nitrogens with zero attached hydrogens (tertiary/aromatic N) is 1. The number of hydrogen-bond acceptors (Lipinski definition) is 3. The molecular formula is C18H18FN3O2S. The van der Waals surface area contributed by atoms with E-state index in [0.29, 0.717) is 12.2 Å². The molecule has 130 valence electrons. The van der Waals surface area contributed by atoms with Gasteiger partial charge in [0.15, 0.2) is 0 Å². The fourth-order valence-electron chi connectivity index (χ4n) is 2.50. The Morgan fingerprint density at radius 3 is 2.60 bits per heavy atom. The predicted molar refractivity (Wildman–Crippen MR) is 93.8 cm³/mol. The minimum atomic E-state index is -3.85. The van der Waals surface area contributed by atoms with Gasteiger partial charge in [0.2, 0.25) is 10.0 Å². The molecule has 2 aromatic carbocycles. The molecule has 0 amide bonds. The molecule has 0 fully saturated rings. The van der Waals surface area contributed by atoms with Crippen molar-refractivity contribution in [2.75, 3.05) is 0 Å². The average Bonchev–Trinajstić information content (AvgIpc) is 3.10. The summed E-state index contributed by atoms with van der Waals surface area (Å²) in [6.07, 6.45) is 2.17. The van der Waals surface area contributed by atoms with Gasteiger partial charge in [-0.25, -0.2) is 22.5 Å². The van der Waals surface area contributed by atoms with Gasteiger partial charge in [-0.3, -0.25) is 0 Å². The molecule has 0 bridgehead atoms. The minimum Gasteiger partial charge on any atom is -0.341 e. The molecule has 3 aromatic rings. The third-order valence-electron chi connectivity index (χ3n) is 3.82. The number of aromatic amines is 1. The zero-order valence-electron chi connectivity index (χ0n) is 13.6. The first-order valence-corrected chi connectivity index (χ1v) is 9.36. The van der Waals surface area contributed by atoms with Crippen molar-refractivity contribution in [1.82, 2.24) is 14.7 Å². The molecule has 5 nitrogen and oxygen atoms in total. The number of imidazole rings is 1. The summed E-state index contributed by atoms with van der Waals surface area (Å²) in [7, 11) is -3.85. The molecule has 1 unspecified atom stereocenters. The molecule has 2 N–H and O–H groups in total. The van der Waals surface area contributed by atoms with E-state index in [1.807, 2.05) is 37.3 Å². The Morgan fingerprint density at radius 2 is 1.92 bits per heavy atom. The van der Waals surface area contributed by atoms with Crippen molar-refractivity contribution < 1.29 is 12.8 Å². The van der Waals surface area contributed by atoms with Gasteiger partial charge in [0.05, 0.1) is 22.8 Å². The standard InChI is InChI=1S/C18H18FN3O2S/c1-2-16(22-25(23,24)15-10-6-9-14(19)11-15)18-20-12-17(21-18)13-7-4-3-5-8-13/h3-12,16,22H,2H2,1H3,(H,20,21). The number of H-pyrrole nitrogens is 1. The number of hydrogen-bond donors (Lipinski definition) is 2. The van der Waals surface area contributed by atoms with Crippen molar-refractivity contribution in [2.24, 2.45) is 0 Å². The molecule has 1 atom stereocenters. The molecular weight excluding hydrogens is 341 g/mol. The van der Waals surface area contributed by atoms with Gasteiger partial charge in [0, 0.05) is 0 Å². The Labute approximate surface area is 146 Å². The van der Waals surface area contributed by atoms with Gasteiger partial charge in [-0.15, -0.1) is 0 Å². The Hall–Kier alpha value is -2.51. The summed E-state index contributed by atoms with van der Waals surface area (Å²) in [5, 5.41) is 0. The van der Waals surface area contributed by atoms with Crippen molar-refractivity contribution in [3.63, 3.8) is 0 Å². The van der Waals surface area contributed by atoms with Crippen LogP contribution in [0.25, 0.3) is 11.3 Å². The normalized spacial score (nSPS) is 12.9. The second-order valence-electron chi connectivity index (χ2n) is 5.59. The lowest BCUT2D eigenvalue weighted by molar-refractivity contribution is 0.538. The summed E-state index contributed by atoms with van der Waals surface area (Å²) in [6.45, 7) is 1.85. The molecule has 0 radical (unpaired) electrons. The van der Waals surface area contributed by atoms with Crippen LogP contribution in [0.15, 0.2) is 65.7 Å². The highest BCUT2D eigenvalue weighted by molar-refractivity contribution is 7.89. The second kappa shape index (κ2) is 7.16. The second-order valence-corrected chi connectivity index (χ2v) is 7.30. The Morgan fingerprint density at radius 1 is 1.16 bits per heavy atom. The van der Waals surface area contributed by atoms with Gasteiger partial charge in [-0.1, -0.05) is 43.3 Å². The zero-order valence-corrected chi connectivity index (χ0v) is 14.4. The number of halogens is 1. The summed E-state index contributed by atoms with van der Waals surface area (Å²) in [6, 6.07) is 14.0. The number of benzene rings is 2. The molecule has 7 heteroatoms. The van der Waals surface area contributed by atoms with Gasteiger partial charge in [0.1, 0.15) is 11.6 Å². The van der Waals surface area contributed by atoms with Gasteiger partial charge < -0.3 is 4.98 Å². The quantitative estimate of drug-likeness (QED) is 0.705. The average molecular weight is 359 g/mol. The van der Waals surface area contributed by atoms with E-state index in [1.54, 1.807) is 6.20 Å². The van der Waals surface area contributed by atoms with E-state index in [1.165, 1.54) is 18.2 Å². The summed E-state index contributed by atoms with van der Waals surface area (Å²) in [5.74, 6) is -0.0818. The van der Waals surface area contributed by atoms with E-state index in [9.17, 15) is 12.8 Å². The van der Waals surface area contributed by atoms with Crippen molar-refractivity contribution >= 4 is 10.0 Å². The summed E-state index contributed by atoms with van der Waals surface area (Å²) >= 11 is 0. The van der Waals surface area contributed by atoms with Crippen LogP contribution < -0.4 is 4.72 Å². The maximum absolute atomic E-state index is 13.3. The number of rotatable bonds is 6.